The summed E-state index contributed by atoms with van der Waals surface area (Å²) in [5.41, 5.74) is 0.949. The second-order valence-corrected chi connectivity index (χ2v) is 8.00. The van der Waals surface area contributed by atoms with Gasteiger partial charge in [-0.25, -0.2) is 4.39 Å². The SMILES string of the molecule is O=C(c1ccc(F)c(Cl)c1Cl)N1[C@H]2CCC[C@@H]1c1nnc(-c3ccccn3)n1C2. The highest BCUT2D eigenvalue weighted by Gasteiger charge is 2.43. The summed E-state index contributed by atoms with van der Waals surface area (Å²) < 4.78 is 15.7. The monoisotopic (exact) mass is 431 g/mol. The van der Waals surface area contributed by atoms with E-state index in [1.54, 1.807) is 6.20 Å². The molecule has 148 valence electrons. The molecule has 6 nitrogen and oxygen atoms in total. The molecule has 0 unspecified atom stereocenters. The molecule has 0 radical (unpaired) electrons. The Hall–Kier alpha value is -2.51. The van der Waals surface area contributed by atoms with Gasteiger partial charge in [0.15, 0.2) is 11.6 Å². The molecular formula is C20H16Cl2FN5O. The summed E-state index contributed by atoms with van der Waals surface area (Å²) in [6.07, 6.45) is 4.34. The largest absolute Gasteiger partial charge is 0.324 e. The number of pyridine rings is 1. The van der Waals surface area contributed by atoms with Crippen LogP contribution in [-0.2, 0) is 6.54 Å². The van der Waals surface area contributed by atoms with Crippen molar-refractivity contribution >= 4 is 29.1 Å². The Morgan fingerprint density at radius 3 is 2.76 bits per heavy atom. The third kappa shape index (κ3) is 2.91. The Labute approximate surface area is 176 Å². The summed E-state index contributed by atoms with van der Waals surface area (Å²) in [6, 6.07) is 7.95. The van der Waals surface area contributed by atoms with Crippen LogP contribution in [0.3, 0.4) is 0 Å². The highest BCUT2D eigenvalue weighted by Crippen LogP contribution is 2.41. The van der Waals surface area contributed by atoms with Crippen LogP contribution in [0, 0.1) is 5.82 Å². The number of nitrogens with zero attached hydrogens (tertiary/aromatic N) is 5. The van der Waals surface area contributed by atoms with E-state index in [-0.39, 0.29) is 33.6 Å². The van der Waals surface area contributed by atoms with Crippen molar-refractivity contribution in [3.63, 3.8) is 0 Å². The summed E-state index contributed by atoms with van der Waals surface area (Å²) in [7, 11) is 0. The number of aromatic nitrogens is 4. The number of rotatable bonds is 2. The second kappa shape index (κ2) is 7.07. The van der Waals surface area contributed by atoms with Crippen molar-refractivity contribution in [3.05, 3.63) is 63.8 Å². The zero-order valence-electron chi connectivity index (χ0n) is 15.2. The Morgan fingerprint density at radius 1 is 1.10 bits per heavy atom. The normalized spacial score (nSPS) is 20.4. The highest BCUT2D eigenvalue weighted by molar-refractivity contribution is 6.44. The van der Waals surface area contributed by atoms with Crippen LogP contribution in [0.25, 0.3) is 11.5 Å². The summed E-state index contributed by atoms with van der Waals surface area (Å²) >= 11 is 12.1. The van der Waals surface area contributed by atoms with Gasteiger partial charge in [0.25, 0.3) is 5.91 Å². The lowest BCUT2D eigenvalue weighted by molar-refractivity contribution is 0.0289. The summed E-state index contributed by atoms with van der Waals surface area (Å²) in [5.74, 6) is 0.527. The van der Waals surface area contributed by atoms with Crippen molar-refractivity contribution < 1.29 is 9.18 Å². The van der Waals surface area contributed by atoms with Crippen LogP contribution in [0.1, 0.15) is 41.5 Å². The molecule has 0 saturated carbocycles. The average molecular weight is 432 g/mol. The van der Waals surface area contributed by atoms with E-state index in [0.29, 0.717) is 12.4 Å². The van der Waals surface area contributed by atoms with Crippen molar-refractivity contribution in [2.45, 2.75) is 37.9 Å². The quantitative estimate of drug-likeness (QED) is 0.558. The van der Waals surface area contributed by atoms with Crippen LogP contribution in [0.15, 0.2) is 36.5 Å². The van der Waals surface area contributed by atoms with Gasteiger partial charge in [-0.15, -0.1) is 10.2 Å². The van der Waals surface area contributed by atoms with Crippen LogP contribution in [0.5, 0.6) is 0 Å². The molecular weight excluding hydrogens is 416 g/mol. The molecule has 2 bridgehead atoms. The maximum atomic E-state index is 13.7. The number of amides is 1. The van der Waals surface area contributed by atoms with Crippen LogP contribution in [0.2, 0.25) is 10.0 Å². The first-order valence-electron chi connectivity index (χ1n) is 9.37. The molecule has 1 fully saturated rings. The minimum atomic E-state index is -0.646. The molecule has 0 N–H and O–H groups in total. The van der Waals surface area contributed by atoms with Crippen LogP contribution < -0.4 is 0 Å². The Balaban J connectivity index is 1.56. The summed E-state index contributed by atoms with van der Waals surface area (Å²) in [6.45, 7) is 0.572. The maximum Gasteiger partial charge on any atom is 0.256 e. The number of piperidine rings is 1. The fourth-order valence-electron chi connectivity index (χ4n) is 4.29. The molecule has 0 aliphatic carbocycles. The Morgan fingerprint density at radius 2 is 1.97 bits per heavy atom. The van der Waals surface area contributed by atoms with E-state index in [1.807, 2.05) is 23.1 Å². The van der Waals surface area contributed by atoms with Crippen molar-refractivity contribution in [1.82, 2.24) is 24.6 Å². The van der Waals surface area contributed by atoms with Crippen LogP contribution >= 0.6 is 23.2 Å². The smallest absolute Gasteiger partial charge is 0.256 e. The van der Waals surface area contributed by atoms with Gasteiger partial charge in [0.2, 0.25) is 0 Å². The third-order valence-corrected chi connectivity index (χ3v) is 6.47. The number of fused-ring (bicyclic) bond motifs is 4. The predicted octanol–water partition coefficient (Wildman–Crippen LogP) is 4.54. The first-order valence-corrected chi connectivity index (χ1v) is 10.1. The Kier molecular flexibility index (Phi) is 4.52. The molecule has 2 aromatic heterocycles. The van der Waals surface area contributed by atoms with Gasteiger partial charge in [0.1, 0.15) is 11.5 Å². The topological polar surface area (TPSA) is 63.9 Å². The fraction of sp³-hybridized carbons (Fsp3) is 0.300. The number of carbonyl (C=O) groups is 1. The van der Waals surface area contributed by atoms with Crippen molar-refractivity contribution in [2.24, 2.45) is 0 Å². The molecule has 2 aliphatic rings. The van der Waals surface area contributed by atoms with Crippen LogP contribution in [0.4, 0.5) is 4.39 Å². The van der Waals surface area contributed by atoms with E-state index in [9.17, 15) is 9.18 Å². The second-order valence-electron chi connectivity index (χ2n) is 7.24. The highest BCUT2D eigenvalue weighted by atomic mass is 35.5. The fourth-order valence-corrected chi connectivity index (χ4v) is 4.69. The number of hydrogen-bond donors (Lipinski definition) is 0. The zero-order valence-corrected chi connectivity index (χ0v) is 16.7. The molecule has 1 saturated heterocycles. The van der Waals surface area contributed by atoms with E-state index in [0.717, 1.165) is 30.8 Å². The molecule has 2 atom stereocenters. The van der Waals surface area contributed by atoms with Gasteiger partial charge < -0.3 is 9.47 Å². The predicted molar refractivity (Wildman–Crippen MR) is 106 cm³/mol. The maximum absolute atomic E-state index is 13.7. The summed E-state index contributed by atoms with van der Waals surface area (Å²) in [4.78, 5) is 19.6. The zero-order chi connectivity index (χ0) is 20.1. The number of hydrogen-bond acceptors (Lipinski definition) is 4. The van der Waals surface area contributed by atoms with Crippen LogP contribution in [-0.4, -0.2) is 36.6 Å². The van der Waals surface area contributed by atoms with Gasteiger partial charge in [-0.05, 0) is 43.5 Å². The Bertz CT molecular complexity index is 1100. The first kappa shape index (κ1) is 18.5. The molecule has 3 aromatic rings. The molecule has 2 aliphatic heterocycles. The number of halogens is 3. The van der Waals surface area contributed by atoms with E-state index >= 15 is 0 Å². The minimum Gasteiger partial charge on any atom is -0.324 e. The first-order chi connectivity index (χ1) is 14.1. The molecule has 9 heteroatoms. The third-order valence-electron chi connectivity index (χ3n) is 5.61. The van der Waals surface area contributed by atoms with E-state index < -0.39 is 5.82 Å². The molecule has 0 spiro atoms. The van der Waals surface area contributed by atoms with Crippen molar-refractivity contribution in [1.29, 1.82) is 0 Å². The van der Waals surface area contributed by atoms with Gasteiger partial charge in [-0.3, -0.25) is 9.78 Å². The van der Waals surface area contributed by atoms with Gasteiger partial charge in [-0.2, -0.15) is 0 Å². The minimum absolute atomic E-state index is 0.0351. The van der Waals surface area contributed by atoms with Gasteiger partial charge in [0, 0.05) is 12.7 Å². The molecule has 1 aromatic carbocycles. The lowest BCUT2D eigenvalue weighted by Crippen LogP contribution is -2.52. The van der Waals surface area contributed by atoms with E-state index in [4.69, 9.17) is 23.2 Å². The molecule has 29 heavy (non-hydrogen) atoms. The molecule has 5 rings (SSSR count). The van der Waals surface area contributed by atoms with E-state index in [1.165, 1.54) is 12.1 Å². The average Bonchev–Trinajstić information content (AvgIpc) is 3.15. The lowest BCUT2D eigenvalue weighted by atomic mass is 9.91. The van der Waals surface area contributed by atoms with Gasteiger partial charge in [0.05, 0.1) is 27.7 Å². The standard InChI is InChI=1S/C20H16Cl2FN5O/c21-16-12(7-8-13(23)17(16)22)20(29)28-11-4-3-6-15(28)19-26-25-18(27(19)10-11)14-5-1-2-9-24-14/h1-2,5,7-9,11,15H,3-4,6,10H2/t11-,15+/m0/s1. The van der Waals surface area contributed by atoms with Gasteiger partial charge in [-0.1, -0.05) is 29.3 Å². The van der Waals surface area contributed by atoms with Gasteiger partial charge >= 0.3 is 0 Å². The molecule has 1 amide bonds. The summed E-state index contributed by atoms with van der Waals surface area (Å²) in [5, 5.41) is 8.45. The molecule has 4 heterocycles. The lowest BCUT2D eigenvalue weighted by Gasteiger charge is -2.45. The number of carbonyl (C=O) groups excluding carboxylic acids is 1. The van der Waals surface area contributed by atoms with Crippen molar-refractivity contribution in [2.75, 3.05) is 0 Å². The van der Waals surface area contributed by atoms with E-state index in [2.05, 4.69) is 19.7 Å². The van der Waals surface area contributed by atoms with Crippen molar-refractivity contribution in [3.8, 4) is 11.5 Å². The number of benzene rings is 1.